The summed E-state index contributed by atoms with van der Waals surface area (Å²) in [5, 5.41) is 4.96. The molecule has 0 fully saturated rings. The van der Waals surface area contributed by atoms with Crippen LogP contribution in [0, 0.1) is 0 Å². The lowest BCUT2D eigenvalue weighted by Gasteiger charge is -2.25. The maximum absolute atomic E-state index is 11.2. The van der Waals surface area contributed by atoms with Gasteiger partial charge in [0.25, 0.3) is 10.0 Å². The summed E-state index contributed by atoms with van der Waals surface area (Å²) in [6, 6.07) is 7.91. The highest BCUT2D eigenvalue weighted by Crippen LogP contribution is 2.34. The van der Waals surface area contributed by atoms with E-state index in [0.29, 0.717) is 13.2 Å². The number of fused-ring (bicyclic) bond motifs is 1. The van der Waals surface area contributed by atoms with Crippen LogP contribution in [0.15, 0.2) is 41.8 Å². The molecule has 2 aromatic rings. The predicted octanol–water partition coefficient (Wildman–Crippen LogP) is 1.10. The topological polar surface area (TPSA) is 87.2 Å². The van der Waals surface area contributed by atoms with E-state index in [2.05, 4.69) is 4.98 Å². The van der Waals surface area contributed by atoms with Crippen LogP contribution in [0.25, 0.3) is 0 Å². The number of nitrogens with zero attached hydrogens (tertiary/aromatic N) is 2. The highest BCUT2D eigenvalue weighted by atomic mass is 32.2. The van der Waals surface area contributed by atoms with Gasteiger partial charge in [-0.15, -0.1) is 0 Å². The molecule has 0 bridgehead atoms. The first-order valence-corrected chi connectivity index (χ1v) is 7.85. The fourth-order valence-corrected chi connectivity index (χ4v) is 2.92. The highest BCUT2D eigenvalue weighted by molar-refractivity contribution is 7.89. The molecule has 106 valence electrons. The average Bonchev–Trinajstić information content (AvgIpc) is 2.88. The van der Waals surface area contributed by atoms with Crippen molar-refractivity contribution in [3.05, 3.63) is 42.4 Å². The van der Waals surface area contributed by atoms with Gasteiger partial charge in [0.1, 0.15) is 5.75 Å². The standard InChI is InChI=1S/C13H15N3O3S/c14-20(17,18)13-8-16(9-15-13)7-10-5-6-19-12-4-2-1-3-11(10)12/h1-4,8-10H,5-7H2,(H2,14,17,18). The molecule has 0 spiro atoms. The number of imidazole rings is 1. The lowest BCUT2D eigenvalue weighted by atomic mass is 9.93. The Balaban J connectivity index is 1.84. The van der Waals surface area contributed by atoms with E-state index in [-0.39, 0.29) is 10.9 Å². The van der Waals surface area contributed by atoms with Gasteiger partial charge in [0.2, 0.25) is 0 Å². The average molecular weight is 293 g/mol. The Morgan fingerprint density at radius 2 is 2.20 bits per heavy atom. The highest BCUT2D eigenvalue weighted by Gasteiger charge is 2.22. The Kier molecular flexibility index (Phi) is 3.23. The molecule has 3 rings (SSSR count). The molecule has 0 saturated heterocycles. The van der Waals surface area contributed by atoms with Crippen LogP contribution in [-0.4, -0.2) is 24.6 Å². The van der Waals surface area contributed by atoms with Crippen molar-refractivity contribution in [1.29, 1.82) is 0 Å². The maximum Gasteiger partial charge on any atom is 0.257 e. The van der Waals surface area contributed by atoms with Crippen molar-refractivity contribution in [3.8, 4) is 5.75 Å². The van der Waals surface area contributed by atoms with Crippen molar-refractivity contribution in [2.75, 3.05) is 6.61 Å². The van der Waals surface area contributed by atoms with Gasteiger partial charge in [0, 0.05) is 18.7 Å². The van der Waals surface area contributed by atoms with Gasteiger partial charge in [-0.1, -0.05) is 18.2 Å². The molecule has 1 atom stereocenters. The molecule has 0 amide bonds. The lowest BCUT2D eigenvalue weighted by Crippen LogP contribution is -2.18. The number of sulfonamides is 1. The van der Waals surface area contributed by atoms with Gasteiger partial charge in [-0.05, 0) is 18.1 Å². The van der Waals surface area contributed by atoms with Gasteiger partial charge in [0.15, 0.2) is 5.03 Å². The summed E-state index contributed by atoms with van der Waals surface area (Å²) in [7, 11) is -3.74. The molecule has 1 unspecified atom stereocenters. The molecule has 1 aromatic carbocycles. The molecule has 1 aromatic heterocycles. The Hall–Kier alpha value is -1.86. The minimum absolute atomic E-state index is 0.0992. The fraction of sp³-hybridized carbons (Fsp3) is 0.308. The van der Waals surface area contributed by atoms with E-state index >= 15 is 0 Å². The third kappa shape index (κ3) is 2.54. The summed E-state index contributed by atoms with van der Waals surface area (Å²) in [5.74, 6) is 1.18. The van der Waals surface area contributed by atoms with Gasteiger partial charge in [0.05, 0.1) is 12.9 Å². The van der Waals surface area contributed by atoms with E-state index in [1.54, 1.807) is 4.57 Å². The first kappa shape index (κ1) is 13.1. The smallest absolute Gasteiger partial charge is 0.257 e. The third-order valence-electron chi connectivity index (χ3n) is 3.41. The van der Waals surface area contributed by atoms with Crippen LogP contribution in [0.2, 0.25) is 0 Å². The van der Waals surface area contributed by atoms with Gasteiger partial charge in [-0.25, -0.2) is 18.5 Å². The zero-order valence-corrected chi connectivity index (χ0v) is 11.6. The number of ether oxygens (including phenoxy) is 1. The van der Waals surface area contributed by atoms with Gasteiger partial charge in [-0.3, -0.25) is 0 Å². The second-order valence-corrected chi connectivity index (χ2v) is 6.33. The van der Waals surface area contributed by atoms with Crippen LogP contribution in [-0.2, 0) is 16.6 Å². The molecule has 7 heteroatoms. The summed E-state index contributed by atoms with van der Waals surface area (Å²) < 4.78 is 29.8. The zero-order valence-electron chi connectivity index (χ0n) is 10.8. The van der Waals surface area contributed by atoms with Crippen molar-refractivity contribution < 1.29 is 13.2 Å². The van der Waals surface area contributed by atoms with Crippen LogP contribution >= 0.6 is 0 Å². The molecule has 6 nitrogen and oxygen atoms in total. The largest absolute Gasteiger partial charge is 0.493 e. The zero-order chi connectivity index (χ0) is 14.2. The quantitative estimate of drug-likeness (QED) is 0.918. The van der Waals surface area contributed by atoms with Crippen molar-refractivity contribution in [3.63, 3.8) is 0 Å². The lowest BCUT2D eigenvalue weighted by molar-refractivity contribution is 0.259. The van der Waals surface area contributed by atoms with Crippen LogP contribution in [0.3, 0.4) is 0 Å². The molecular formula is C13H15N3O3S. The number of para-hydroxylation sites is 1. The molecule has 0 radical (unpaired) electrons. The van der Waals surface area contributed by atoms with E-state index in [1.165, 1.54) is 12.5 Å². The second kappa shape index (κ2) is 4.92. The van der Waals surface area contributed by atoms with E-state index in [1.807, 2.05) is 24.3 Å². The minimum Gasteiger partial charge on any atom is -0.493 e. The fourth-order valence-electron chi connectivity index (χ4n) is 2.45. The van der Waals surface area contributed by atoms with E-state index in [0.717, 1.165) is 17.7 Å². The maximum atomic E-state index is 11.2. The SMILES string of the molecule is NS(=O)(=O)c1cn(CC2CCOc3ccccc32)cn1. The van der Waals surface area contributed by atoms with Crippen molar-refractivity contribution in [2.24, 2.45) is 5.14 Å². The van der Waals surface area contributed by atoms with E-state index in [9.17, 15) is 8.42 Å². The predicted molar refractivity (Wildman–Crippen MR) is 72.9 cm³/mol. The second-order valence-electron chi connectivity index (χ2n) is 4.83. The molecule has 1 aliphatic rings. The molecular weight excluding hydrogens is 278 g/mol. The molecule has 0 aliphatic carbocycles. The molecule has 2 heterocycles. The van der Waals surface area contributed by atoms with Crippen LogP contribution in [0.5, 0.6) is 5.75 Å². The number of nitrogens with two attached hydrogens (primary N) is 1. The number of hydrogen-bond donors (Lipinski definition) is 1. The first-order valence-electron chi connectivity index (χ1n) is 6.30. The third-order valence-corrected chi connectivity index (χ3v) is 4.21. The summed E-state index contributed by atoms with van der Waals surface area (Å²) in [6.45, 7) is 1.32. The van der Waals surface area contributed by atoms with Gasteiger partial charge >= 0.3 is 0 Å². The van der Waals surface area contributed by atoms with Crippen LogP contribution in [0.4, 0.5) is 0 Å². The number of primary sulfonamides is 1. The number of benzene rings is 1. The van der Waals surface area contributed by atoms with Crippen molar-refractivity contribution in [1.82, 2.24) is 9.55 Å². The Morgan fingerprint density at radius 1 is 1.40 bits per heavy atom. The Bertz CT molecular complexity index is 724. The minimum atomic E-state index is -3.74. The Labute approximate surface area is 117 Å². The van der Waals surface area contributed by atoms with Crippen molar-refractivity contribution in [2.45, 2.75) is 23.9 Å². The molecule has 2 N–H and O–H groups in total. The van der Waals surface area contributed by atoms with Crippen molar-refractivity contribution >= 4 is 10.0 Å². The van der Waals surface area contributed by atoms with Gasteiger partial charge in [-0.2, -0.15) is 0 Å². The van der Waals surface area contributed by atoms with E-state index < -0.39 is 10.0 Å². The number of rotatable bonds is 3. The van der Waals surface area contributed by atoms with Crippen LogP contribution < -0.4 is 9.88 Å². The molecule has 20 heavy (non-hydrogen) atoms. The molecule has 1 aliphatic heterocycles. The summed E-state index contributed by atoms with van der Waals surface area (Å²) in [4.78, 5) is 3.83. The number of aromatic nitrogens is 2. The van der Waals surface area contributed by atoms with E-state index in [4.69, 9.17) is 9.88 Å². The summed E-state index contributed by atoms with van der Waals surface area (Å²) in [6.07, 6.45) is 3.85. The number of hydrogen-bond acceptors (Lipinski definition) is 4. The first-order chi connectivity index (χ1) is 9.54. The Morgan fingerprint density at radius 3 is 2.95 bits per heavy atom. The van der Waals surface area contributed by atoms with Crippen LogP contribution in [0.1, 0.15) is 17.9 Å². The normalized spacial score (nSPS) is 18.4. The summed E-state index contributed by atoms with van der Waals surface area (Å²) in [5.41, 5.74) is 1.14. The molecule has 0 saturated carbocycles. The monoisotopic (exact) mass is 293 g/mol. The van der Waals surface area contributed by atoms with Gasteiger partial charge < -0.3 is 9.30 Å². The summed E-state index contributed by atoms with van der Waals surface area (Å²) >= 11 is 0.